The second-order valence-corrected chi connectivity index (χ2v) is 9.34. The quantitative estimate of drug-likeness (QED) is 0.606. The second kappa shape index (κ2) is 8.93. The van der Waals surface area contributed by atoms with E-state index in [4.69, 9.17) is 0 Å². The van der Waals surface area contributed by atoms with Gasteiger partial charge in [0, 0.05) is 29.0 Å². The highest BCUT2D eigenvalue weighted by atomic mass is 32.2. The maximum absolute atomic E-state index is 12.7. The van der Waals surface area contributed by atoms with Crippen LogP contribution in [0, 0.1) is 0 Å². The maximum atomic E-state index is 12.7. The van der Waals surface area contributed by atoms with E-state index < -0.39 is 11.8 Å². The SMILES string of the molecule is CCn1nc(C(=O)NNC(=O)c2ccc(C3SCCS3)cc2)c2ccccc2c1=O. The van der Waals surface area contributed by atoms with Crippen LogP contribution in [-0.2, 0) is 6.54 Å². The standard InChI is InChI=1S/C21H20N4O3S2/c1-2-25-20(28)16-6-4-3-5-15(16)17(24-25)19(27)23-22-18(26)13-7-9-14(10-8-13)21-29-11-12-30-21/h3-10,21H,2,11-12H2,1H3,(H,22,26)(H,23,27). The molecule has 2 aromatic carbocycles. The molecule has 1 aromatic heterocycles. The lowest BCUT2D eigenvalue weighted by atomic mass is 10.1. The van der Waals surface area contributed by atoms with E-state index in [0.29, 0.717) is 27.5 Å². The number of hydrogen-bond acceptors (Lipinski definition) is 6. The van der Waals surface area contributed by atoms with Crippen LogP contribution in [0.15, 0.2) is 53.3 Å². The zero-order valence-electron chi connectivity index (χ0n) is 16.3. The van der Waals surface area contributed by atoms with E-state index in [2.05, 4.69) is 16.0 Å². The van der Waals surface area contributed by atoms with Crippen molar-refractivity contribution in [3.05, 3.63) is 75.7 Å². The molecule has 1 fully saturated rings. The summed E-state index contributed by atoms with van der Waals surface area (Å²) in [6.07, 6.45) is 0. The molecule has 3 aromatic rings. The van der Waals surface area contributed by atoms with Crippen LogP contribution in [0.25, 0.3) is 10.8 Å². The molecule has 0 aliphatic carbocycles. The predicted molar refractivity (Wildman–Crippen MR) is 121 cm³/mol. The molecule has 2 heterocycles. The summed E-state index contributed by atoms with van der Waals surface area (Å²) in [7, 11) is 0. The lowest BCUT2D eigenvalue weighted by molar-refractivity contribution is 0.0843. The molecular formula is C21H20N4O3S2. The molecule has 30 heavy (non-hydrogen) atoms. The topological polar surface area (TPSA) is 93.1 Å². The first kappa shape index (κ1) is 20.5. The fourth-order valence-electron chi connectivity index (χ4n) is 3.20. The Morgan fingerprint density at radius 2 is 1.63 bits per heavy atom. The fourth-order valence-corrected chi connectivity index (χ4v) is 6.06. The Hall–Kier alpha value is -2.78. The summed E-state index contributed by atoms with van der Waals surface area (Å²) in [5, 5.41) is 5.01. The monoisotopic (exact) mass is 440 g/mol. The van der Waals surface area contributed by atoms with Crippen LogP contribution in [0.4, 0.5) is 0 Å². The highest BCUT2D eigenvalue weighted by molar-refractivity contribution is 8.19. The molecule has 1 aliphatic heterocycles. The predicted octanol–water partition coefficient (Wildman–Crippen LogP) is 2.97. The van der Waals surface area contributed by atoms with Gasteiger partial charge >= 0.3 is 0 Å². The van der Waals surface area contributed by atoms with Crippen molar-refractivity contribution in [3.8, 4) is 0 Å². The molecule has 0 spiro atoms. The van der Waals surface area contributed by atoms with Gasteiger partial charge in [-0.15, -0.1) is 23.5 Å². The lowest BCUT2D eigenvalue weighted by Crippen LogP contribution is -2.42. The van der Waals surface area contributed by atoms with Crippen LogP contribution in [-0.4, -0.2) is 33.1 Å². The fraction of sp³-hybridized carbons (Fsp3) is 0.238. The Kier molecular flexibility index (Phi) is 6.10. The third-order valence-corrected chi connectivity index (χ3v) is 7.84. The van der Waals surface area contributed by atoms with Gasteiger partial charge in [0.05, 0.1) is 9.97 Å². The molecule has 1 aliphatic rings. The number of carbonyl (C=O) groups is 2. The van der Waals surface area contributed by atoms with Gasteiger partial charge in [-0.25, -0.2) is 4.68 Å². The van der Waals surface area contributed by atoms with Crippen LogP contribution in [0.2, 0.25) is 0 Å². The zero-order valence-corrected chi connectivity index (χ0v) is 17.9. The Morgan fingerprint density at radius 1 is 1.00 bits per heavy atom. The first-order chi connectivity index (χ1) is 14.6. The third kappa shape index (κ3) is 4.08. The average Bonchev–Trinajstić information content (AvgIpc) is 3.33. The molecular weight excluding hydrogens is 420 g/mol. The summed E-state index contributed by atoms with van der Waals surface area (Å²) < 4.78 is 1.65. The highest BCUT2D eigenvalue weighted by Gasteiger charge is 2.19. The van der Waals surface area contributed by atoms with E-state index in [0.717, 1.165) is 11.5 Å². The van der Waals surface area contributed by atoms with Gasteiger partial charge in [-0.05, 0) is 30.7 Å². The van der Waals surface area contributed by atoms with Gasteiger partial charge in [-0.1, -0.05) is 30.3 Å². The van der Waals surface area contributed by atoms with E-state index >= 15 is 0 Å². The van der Waals surface area contributed by atoms with Crippen molar-refractivity contribution >= 4 is 46.1 Å². The molecule has 4 rings (SSSR count). The summed E-state index contributed by atoms with van der Waals surface area (Å²) in [5.41, 5.74) is 6.29. The molecule has 2 N–H and O–H groups in total. The lowest BCUT2D eigenvalue weighted by Gasteiger charge is -2.12. The Labute approximate surface area is 181 Å². The van der Waals surface area contributed by atoms with Gasteiger partial charge in [0.2, 0.25) is 0 Å². The smallest absolute Gasteiger partial charge is 0.267 e. The van der Waals surface area contributed by atoms with Crippen molar-refractivity contribution in [2.24, 2.45) is 0 Å². The van der Waals surface area contributed by atoms with Gasteiger partial charge in [-0.3, -0.25) is 25.2 Å². The number of nitrogens with zero attached hydrogens (tertiary/aromatic N) is 2. The molecule has 154 valence electrons. The van der Waals surface area contributed by atoms with Crippen molar-refractivity contribution in [2.45, 2.75) is 18.1 Å². The Bertz CT molecular complexity index is 1160. The minimum atomic E-state index is -0.586. The summed E-state index contributed by atoms with van der Waals surface area (Å²) in [4.78, 5) is 37.5. The number of hydrazine groups is 1. The summed E-state index contributed by atoms with van der Waals surface area (Å²) in [6, 6.07) is 14.2. The van der Waals surface area contributed by atoms with E-state index in [9.17, 15) is 14.4 Å². The number of thioether (sulfide) groups is 2. The maximum Gasteiger partial charge on any atom is 0.290 e. The van der Waals surface area contributed by atoms with E-state index in [1.165, 1.54) is 10.2 Å². The van der Waals surface area contributed by atoms with Crippen LogP contribution in [0.1, 0.15) is 37.9 Å². The number of fused-ring (bicyclic) bond motifs is 1. The van der Waals surface area contributed by atoms with Gasteiger partial charge in [0.25, 0.3) is 17.4 Å². The Balaban J connectivity index is 1.49. The third-order valence-electron chi connectivity index (χ3n) is 4.74. The summed E-state index contributed by atoms with van der Waals surface area (Å²) in [5.74, 6) is 1.27. The molecule has 9 heteroatoms. The number of hydrogen-bond donors (Lipinski definition) is 2. The van der Waals surface area contributed by atoms with Gasteiger partial charge in [0.15, 0.2) is 5.69 Å². The molecule has 1 saturated heterocycles. The minimum Gasteiger partial charge on any atom is -0.267 e. The number of rotatable bonds is 4. The summed E-state index contributed by atoms with van der Waals surface area (Å²) >= 11 is 3.80. The normalized spacial score (nSPS) is 14.0. The number of amides is 2. The van der Waals surface area contributed by atoms with Gasteiger partial charge < -0.3 is 0 Å². The van der Waals surface area contributed by atoms with Crippen molar-refractivity contribution < 1.29 is 9.59 Å². The number of carbonyl (C=O) groups excluding carboxylic acids is 2. The van der Waals surface area contributed by atoms with Crippen molar-refractivity contribution in [3.63, 3.8) is 0 Å². The van der Waals surface area contributed by atoms with Gasteiger partial charge in [-0.2, -0.15) is 5.10 Å². The van der Waals surface area contributed by atoms with E-state index in [1.54, 1.807) is 43.3 Å². The van der Waals surface area contributed by atoms with E-state index in [1.807, 2.05) is 35.7 Å². The number of aromatic nitrogens is 2. The minimum absolute atomic E-state index is 0.0815. The number of aryl methyl sites for hydroxylation is 1. The molecule has 0 radical (unpaired) electrons. The van der Waals surface area contributed by atoms with Crippen molar-refractivity contribution in [2.75, 3.05) is 11.5 Å². The van der Waals surface area contributed by atoms with Crippen LogP contribution in [0.5, 0.6) is 0 Å². The largest absolute Gasteiger partial charge is 0.290 e. The van der Waals surface area contributed by atoms with Crippen LogP contribution in [0.3, 0.4) is 0 Å². The van der Waals surface area contributed by atoms with Crippen molar-refractivity contribution in [1.29, 1.82) is 0 Å². The van der Waals surface area contributed by atoms with Crippen LogP contribution >= 0.6 is 23.5 Å². The number of benzene rings is 2. The first-order valence-electron chi connectivity index (χ1n) is 9.52. The zero-order chi connectivity index (χ0) is 21.1. The first-order valence-corrected chi connectivity index (χ1v) is 11.6. The van der Waals surface area contributed by atoms with E-state index in [-0.39, 0.29) is 11.3 Å². The molecule has 7 nitrogen and oxygen atoms in total. The molecule has 2 amide bonds. The molecule has 0 saturated carbocycles. The highest BCUT2D eigenvalue weighted by Crippen LogP contribution is 2.45. The average molecular weight is 441 g/mol. The molecule has 0 bridgehead atoms. The summed E-state index contributed by atoms with van der Waals surface area (Å²) in [6.45, 7) is 2.11. The second-order valence-electron chi connectivity index (χ2n) is 6.62. The number of nitrogens with one attached hydrogen (secondary N) is 2. The van der Waals surface area contributed by atoms with Crippen LogP contribution < -0.4 is 16.4 Å². The van der Waals surface area contributed by atoms with Crippen molar-refractivity contribution in [1.82, 2.24) is 20.6 Å². The van der Waals surface area contributed by atoms with Gasteiger partial charge in [0.1, 0.15) is 0 Å². The molecule has 0 atom stereocenters. The molecule has 0 unspecified atom stereocenters. The Morgan fingerprint density at radius 3 is 2.30 bits per heavy atom.